The van der Waals surface area contributed by atoms with Crippen LogP contribution in [0.4, 0.5) is 0 Å². The molecule has 128 valence electrons. The van der Waals surface area contributed by atoms with E-state index < -0.39 is 0 Å². The van der Waals surface area contributed by atoms with Gasteiger partial charge in [0.1, 0.15) is 0 Å². The van der Waals surface area contributed by atoms with Gasteiger partial charge in [-0.1, -0.05) is 66.0 Å². The topological polar surface area (TPSA) is 54.9 Å². The molecule has 3 rings (SSSR count). The molecule has 1 aliphatic carbocycles. The van der Waals surface area contributed by atoms with E-state index in [1.54, 1.807) is 23.1 Å². The number of nitrogens with zero attached hydrogens (tertiary/aromatic N) is 2. The molecule has 2 atom stereocenters. The van der Waals surface area contributed by atoms with Gasteiger partial charge in [-0.25, -0.2) is 0 Å². The van der Waals surface area contributed by atoms with E-state index in [0.29, 0.717) is 0 Å². The second-order valence-corrected chi connectivity index (χ2v) is 9.76. The number of fused-ring (bicyclic) bond motifs is 1. The largest absolute Gasteiger partial charge is 0.348 e. The molecule has 1 amide bonds. The number of hydrogen-bond donors (Lipinski definition) is 1. The molecular formula is C17H21N3OS3. The molecule has 1 aliphatic rings. The molecule has 0 spiro atoms. The number of benzene rings is 1. The van der Waals surface area contributed by atoms with Gasteiger partial charge in [0.2, 0.25) is 5.91 Å². The minimum absolute atomic E-state index is 0.0709. The summed E-state index contributed by atoms with van der Waals surface area (Å²) in [5.41, 5.74) is 2.63. The lowest BCUT2D eigenvalue weighted by Gasteiger charge is -2.27. The Morgan fingerprint density at radius 1 is 1.38 bits per heavy atom. The highest BCUT2D eigenvalue weighted by Gasteiger charge is 2.24. The third kappa shape index (κ3) is 4.32. The lowest BCUT2D eigenvalue weighted by atomic mass is 9.88. The monoisotopic (exact) mass is 379 g/mol. The molecule has 1 aromatic heterocycles. The van der Waals surface area contributed by atoms with E-state index in [1.165, 1.54) is 22.9 Å². The molecule has 1 N–H and O–H groups in total. The molecule has 0 aliphatic heterocycles. The molecule has 0 radical (unpaired) electrons. The van der Waals surface area contributed by atoms with E-state index in [1.807, 2.05) is 6.92 Å². The zero-order valence-corrected chi connectivity index (χ0v) is 16.3. The predicted molar refractivity (Wildman–Crippen MR) is 102 cm³/mol. The Hall–Kier alpha value is -1.05. The maximum atomic E-state index is 12.6. The predicted octanol–water partition coefficient (Wildman–Crippen LogP) is 4.32. The molecular weight excluding hydrogens is 358 g/mol. The summed E-state index contributed by atoms with van der Waals surface area (Å²) in [6, 6.07) is 8.56. The summed E-state index contributed by atoms with van der Waals surface area (Å²) in [6.07, 6.45) is 3.24. The summed E-state index contributed by atoms with van der Waals surface area (Å²) in [6.45, 7) is 4.03. The van der Waals surface area contributed by atoms with E-state index in [4.69, 9.17) is 0 Å². The Morgan fingerprint density at radius 3 is 3.00 bits per heavy atom. The van der Waals surface area contributed by atoms with Crippen LogP contribution in [-0.2, 0) is 11.2 Å². The summed E-state index contributed by atoms with van der Waals surface area (Å²) in [5, 5.41) is 11.4. The molecule has 0 saturated heterocycles. The maximum Gasteiger partial charge on any atom is 0.233 e. The highest BCUT2D eigenvalue weighted by molar-refractivity contribution is 8.03. The van der Waals surface area contributed by atoms with Gasteiger partial charge in [-0.2, -0.15) is 0 Å². The number of hydrogen-bond acceptors (Lipinski definition) is 6. The third-order valence-electron chi connectivity index (χ3n) is 3.99. The first-order valence-corrected chi connectivity index (χ1v) is 10.9. The number of amides is 1. The first kappa shape index (κ1) is 17.8. The number of carbonyl (C=O) groups is 1. The fourth-order valence-corrected chi connectivity index (χ4v) is 5.89. The van der Waals surface area contributed by atoms with Crippen LogP contribution in [0.15, 0.2) is 32.9 Å². The third-order valence-corrected chi connectivity index (χ3v) is 7.11. The number of nitrogens with one attached hydrogen (secondary N) is 1. The van der Waals surface area contributed by atoms with Crippen molar-refractivity contribution < 1.29 is 4.79 Å². The molecule has 4 nitrogen and oxygen atoms in total. The highest BCUT2D eigenvalue weighted by Crippen LogP contribution is 2.33. The number of thioether (sulfide) groups is 2. The van der Waals surface area contributed by atoms with Crippen molar-refractivity contribution in [1.29, 1.82) is 0 Å². The summed E-state index contributed by atoms with van der Waals surface area (Å²) in [7, 11) is 0. The van der Waals surface area contributed by atoms with Gasteiger partial charge in [0.15, 0.2) is 8.68 Å². The second kappa shape index (κ2) is 8.36. The second-order valence-electron chi connectivity index (χ2n) is 5.68. The Kier molecular flexibility index (Phi) is 6.19. The molecule has 0 bridgehead atoms. The molecule has 7 heteroatoms. The van der Waals surface area contributed by atoms with E-state index in [0.717, 1.165) is 33.7 Å². The minimum Gasteiger partial charge on any atom is -0.348 e. The average molecular weight is 380 g/mol. The van der Waals surface area contributed by atoms with Crippen molar-refractivity contribution in [2.24, 2.45) is 0 Å². The molecule has 1 heterocycles. The fraction of sp³-hybridized carbons (Fsp3) is 0.471. The highest BCUT2D eigenvalue weighted by atomic mass is 32.2. The molecule has 2 aromatic rings. The number of aryl methyl sites for hydroxylation is 1. The summed E-state index contributed by atoms with van der Waals surface area (Å²) in [4.78, 5) is 12.6. The van der Waals surface area contributed by atoms with Gasteiger partial charge in [0, 0.05) is 0 Å². The zero-order chi connectivity index (χ0) is 16.9. The maximum absolute atomic E-state index is 12.6. The SMILES string of the molecule is CCSc1nnc(S[C@@H](C)C(=O)N[C@@H]2CCCc3ccccc32)s1. The van der Waals surface area contributed by atoms with Crippen LogP contribution in [0.2, 0.25) is 0 Å². The quantitative estimate of drug-likeness (QED) is 0.757. The van der Waals surface area contributed by atoms with Crippen LogP contribution < -0.4 is 5.32 Å². The standard InChI is InChI=1S/C17H21N3OS3/c1-3-22-16-19-20-17(24-16)23-11(2)15(21)18-14-10-6-8-12-7-4-5-9-13(12)14/h4-5,7,9,11,14H,3,6,8,10H2,1-2H3,(H,18,21)/t11-,14+/m0/s1. The van der Waals surface area contributed by atoms with Gasteiger partial charge in [0.05, 0.1) is 11.3 Å². The molecule has 1 aromatic carbocycles. The molecule has 0 unspecified atom stereocenters. The van der Waals surface area contributed by atoms with Crippen molar-refractivity contribution >= 4 is 40.8 Å². The lowest BCUT2D eigenvalue weighted by molar-refractivity contribution is -0.121. The van der Waals surface area contributed by atoms with E-state index in [2.05, 4.69) is 46.7 Å². The van der Waals surface area contributed by atoms with Crippen LogP contribution in [-0.4, -0.2) is 27.1 Å². The number of carbonyl (C=O) groups excluding carboxylic acids is 1. The Bertz CT molecular complexity index is 704. The number of rotatable bonds is 6. The van der Waals surface area contributed by atoms with Crippen LogP contribution >= 0.6 is 34.9 Å². The van der Waals surface area contributed by atoms with Gasteiger partial charge in [0.25, 0.3) is 0 Å². The van der Waals surface area contributed by atoms with E-state index in [9.17, 15) is 4.79 Å². The summed E-state index contributed by atoms with van der Waals surface area (Å²) < 4.78 is 1.83. The fourth-order valence-electron chi connectivity index (χ4n) is 2.82. The van der Waals surface area contributed by atoms with Crippen LogP contribution in [0.5, 0.6) is 0 Å². The van der Waals surface area contributed by atoms with Crippen LogP contribution in [0, 0.1) is 0 Å². The number of aromatic nitrogens is 2. The minimum atomic E-state index is -0.175. The van der Waals surface area contributed by atoms with Crippen LogP contribution in [0.25, 0.3) is 0 Å². The van der Waals surface area contributed by atoms with Crippen molar-refractivity contribution in [3.05, 3.63) is 35.4 Å². The Labute approximate surface area is 155 Å². The first-order chi connectivity index (χ1) is 11.7. The summed E-state index contributed by atoms with van der Waals surface area (Å²) >= 11 is 4.73. The smallest absolute Gasteiger partial charge is 0.233 e. The molecule has 0 fully saturated rings. The van der Waals surface area contributed by atoms with Crippen LogP contribution in [0.1, 0.15) is 43.9 Å². The van der Waals surface area contributed by atoms with Crippen molar-refractivity contribution in [3.8, 4) is 0 Å². The first-order valence-electron chi connectivity index (χ1n) is 8.18. The zero-order valence-electron chi connectivity index (χ0n) is 13.8. The van der Waals surface area contributed by atoms with E-state index >= 15 is 0 Å². The average Bonchev–Trinajstić information content (AvgIpc) is 3.02. The van der Waals surface area contributed by atoms with Gasteiger partial charge in [-0.15, -0.1) is 10.2 Å². The summed E-state index contributed by atoms with van der Waals surface area (Å²) in [5.74, 6) is 1.05. The van der Waals surface area contributed by atoms with Crippen LogP contribution in [0.3, 0.4) is 0 Å². The van der Waals surface area contributed by atoms with Gasteiger partial charge >= 0.3 is 0 Å². The van der Waals surface area contributed by atoms with Gasteiger partial charge in [-0.05, 0) is 43.1 Å². The van der Waals surface area contributed by atoms with Crippen molar-refractivity contribution in [1.82, 2.24) is 15.5 Å². The van der Waals surface area contributed by atoms with Crippen molar-refractivity contribution in [2.45, 2.75) is 53.1 Å². The lowest BCUT2D eigenvalue weighted by Crippen LogP contribution is -2.35. The molecule has 24 heavy (non-hydrogen) atoms. The normalized spacial score (nSPS) is 18.0. The van der Waals surface area contributed by atoms with Gasteiger partial charge < -0.3 is 5.32 Å². The molecule has 0 saturated carbocycles. The van der Waals surface area contributed by atoms with E-state index in [-0.39, 0.29) is 17.2 Å². The Balaban J connectivity index is 1.60. The van der Waals surface area contributed by atoms with Crippen molar-refractivity contribution in [2.75, 3.05) is 5.75 Å². The Morgan fingerprint density at radius 2 is 2.17 bits per heavy atom. The van der Waals surface area contributed by atoms with Crippen molar-refractivity contribution in [3.63, 3.8) is 0 Å². The van der Waals surface area contributed by atoms with Gasteiger partial charge in [-0.3, -0.25) is 4.79 Å².